The van der Waals surface area contributed by atoms with Crippen LogP contribution >= 0.6 is 0 Å². The molecule has 0 spiro atoms. The number of nitrogens with zero attached hydrogens (tertiary/aromatic N) is 2. The molecule has 3 heteroatoms. The van der Waals surface area contributed by atoms with Gasteiger partial charge in [0.1, 0.15) is 0 Å². The van der Waals surface area contributed by atoms with Gasteiger partial charge in [0, 0.05) is 19.6 Å². The van der Waals surface area contributed by atoms with Crippen molar-refractivity contribution in [2.75, 3.05) is 18.0 Å². The van der Waals surface area contributed by atoms with E-state index in [4.69, 9.17) is 5.73 Å². The Morgan fingerprint density at radius 2 is 1.76 bits per heavy atom. The monoisotopic (exact) mass is 231 g/mol. The first-order valence-corrected chi connectivity index (χ1v) is 6.75. The zero-order valence-electron chi connectivity index (χ0n) is 10.3. The van der Waals surface area contributed by atoms with Gasteiger partial charge in [0.05, 0.1) is 17.6 Å². The highest BCUT2D eigenvalue weighted by molar-refractivity contribution is 5.45. The predicted octanol–water partition coefficient (Wildman–Crippen LogP) is 2.17. The Bertz CT molecular complexity index is 352. The highest BCUT2D eigenvalue weighted by Crippen LogP contribution is 2.35. The van der Waals surface area contributed by atoms with Crippen LogP contribution < -0.4 is 10.6 Å². The van der Waals surface area contributed by atoms with Gasteiger partial charge in [-0.1, -0.05) is 0 Å². The Balaban J connectivity index is 1.69. The predicted molar refractivity (Wildman–Crippen MR) is 69.8 cm³/mol. The van der Waals surface area contributed by atoms with E-state index < -0.39 is 0 Å². The summed E-state index contributed by atoms with van der Waals surface area (Å²) >= 11 is 0. The molecule has 2 fully saturated rings. The Hall–Kier alpha value is -1.09. The normalized spacial score (nSPS) is 19.4. The molecule has 0 radical (unpaired) electrons. The Morgan fingerprint density at radius 3 is 2.18 bits per heavy atom. The summed E-state index contributed by atoms with van der Waals surface area (Å²) in [6.45, 7) is 2.98. The lowest BCUT2D eigenvalue weighted by atomic mass is 10.2. The number of hydrogen-bond acceptors (Lipinski definition) is 3. The highest BCUT2D eigenvalue weighted by Gasteiger charge is 2.29. The van der Waals surface area contributed by atoms with E-state index >= 15 is 0 Å². The van der Waals surface area contributed by atoms with Crippen LogP contribution in [-0.4, -0.2) is 18.1 Å². The van der Waals surface area contributed by atoms with Gasteiger partial charge in [0.25, 0.3) is 0 Å². The molecule has 1 aromatic heterocycles. The molecule has 0 saturated heterocycles. The Labute approximate surface area is 103 Å². The van der Waals surface area contributed by atoms with Crippen LogP contribution in [0, 0.1) is 11.8 Å². The van der Waals surface area contributed by atoms with Gasteiger partial charge < -0.3 is 10.6 Å². The van der Waals surface area contributed by atoms with Gasteiger partial charge >= 0.3 is 0 Å². The zero-order valence-corrected chi connectivity index (χ0v) is 10.3. The minimum atomic E-state index is 0.533. The summed E-state index contributed by atoms with van der Waals surface area (Å²) in [7, 11) is 0. The van der Waals surface area contributed by atoms with Crippen LogP contribution in [0.4, 0.5) is 5.69 Å². The first-order chi connectivity index (χ1) is 8.35. The largest absolute Gasteiger partial charge is 0.370 e. The van der Waals surface area contributed by atoms with Crippen LogP contribution in [0.2, 0.25) is 0 Å². The quantitative estimate of drug-likeness (QED) is 0.816. The maximum absolute atomic E-state index is 5.58. The Kier molecular flexibility index (Phi) is 3.02. The van der Waals surface area contributed by atoms with E-state index in [1.54, 1.807) is 0 Å². The molecule has 92 valence electrons. The number of pyridine rings is 1. The first-order valence-electron chi connectivity index (χ1n) is 6.75. The lowest BCUT2D eigenvalue weighted by molar-refractivity contribution is 0.678. The minimum Gasteiger partial charge on any atom is -0.370 e. The molecular formula is C14H21N3. The van der Waals surface area contributed by atoms with Crippen LogP contribution in [0.3, 0.4) is 0 Å². The van der Waals surface area contributed by atoms with Gasteiger partial charge in [-0.25, -0.2) is 0 Å². The molecule has 1 heterocycles. The van der Waals surface area contributed by atoms with Crippen molar-refractivity contribution < 1.29 is 0 Å². The van der Waals surface area contributed by atoms with Crippen molar-refractivity contribution >= 4 is 5.69 Å². The molecule has 2 saturated carbocycles. The number of rotatable bonds is 6. The number of anilines is 1. The zero-order chi connectivity index (χ0) is 11.7. The molecular weight excluding hydrogens is 210 g/mol. The van der Waals surface area contributed by atoms with Gasteiger partial charge in [0.2, 0.25) is 0 Å². The summed E-state index contributed by atoms with van der Waals surface area (Å²) in [5.41, 5.74) is 7.84. The third kappa shape index (κ3) is 2.97. The average molecular weight is 231 g/mol. The van der Waals surface area contributed by atoms with Crippen LogP contribution in [0.15, 0.2) is 18.3 Å². The number of nitrogens with two attached hydrogens (primary N) is 1. The summed E-state index contributed by atoms with van der Waals surface area (Å²) in [5.74, 6) is 1.87. The van der Waals surface area contributed by atoms with E-state index in [1.165, 1.54) is 44.5 Å². The van der Waals surface area contributed by atoms with E-state index in [2.05, 4.69) is 22.0 Å². The molecule has 0 atom stereocenters. The first kappa shape index (κ1) is 11.0. The fourth-order valence-electron chi connectivity index (χ4n) is 2.23. The third-order valence-electron chi connectivity index (χ3n) is 3.73. The topological polar surface area (TPSA) is 42.1 Å². The number of hydrogen-bond donors (Lipinski definition) is 1. The van der Waals surface area contributed by atoms with Crippen molar-refractivity contribution in [3.63, 3.8) is 0 Å². The second kappa shape index (κ2) is 4.65. The molecule has 1 aromatic rings. The minimum absolute atomic E-state index is 0.533. The fourth-order valence-corrected chi connectivity index (χ4v) is 2.23. The van der Waals surface area contributed by atoms with Crippen molar-refractivity contribution in [1.82, 2.24) is 4.98 Å². The molecule has 2 N–H and O–H groups in total. The van der Waals surface area contributed by atoms with Crippen LogP contribution in [0.1, 0.15) is 31.4 Å². The van der Waals surface area contributed by atoms with Gasteiger partial charge in [-0.3, -0.25) is 4.98 Å². The maximum atomic E-state index is 5.58. The second-order valence-electron chi connectivity index (χ2n) is 5.50. The summed E-state index contributed by atoms with van der Waals surface area (Å²) < 4.78 is 0. The van der Waals surface area contributed by atoms with Crippen molar-refractivity contribution in [3.8, 4) is 0 Å². The smallest absolute Gasteiger partial charge is 0.0553 e. The molecule has 17 heavy (non-hydrogen) atoms. The van der Waals surface area contributed by atoms with E-state index in [0.29, 0.717) is 6.54 Å². The number of aromatic nitrogens is 1. The van der Waals surface area contributed by atoms with Crippen LogP contribution in [-0.2, 0) is 6.54 Å². The molecule has 3 rings (SSSR count). The molecule has 0 bridgehead atoms. The molecule has 0 amide bonds. The van der Waals surface area contributed by atoms with Crippen molar-refractivity contribution in [2.24, 2.45) is 17.6 Å². The van der Waals surface area contributed by atoms with Crippen LogP contribution in [0.5, 0.6) is 0 Å². The van der Waals surface area contributed by atoms with E-state index in [-0.39, 0.29) is 0 Å². The fraction of sp³-hybridized carbons (Fsp3) is 0.643. The summed E-state index contributed by atoms with van der Waals surface area (Å²) in [4.78, 5) is 6.94. The van der Waals surface area contributed by atoms with E-state index in [9.17, 15) is 0 Å². The SMILES string of the molecule is NCc1ccc(N(CC2CC2)CC2CC2)cn1. The molecule has 2 aliphatic carbocycles. The average Bonchev–Trinajstić information content (AvgIpc) is 3.23. The van der Waals surface area contributed by atoms with Crippen LogP contribution in [0.25, 0.3) is 0 Å². The van der Waals surface area contributed by atoms with Crippen molar-refractivity contribution in [2.45, 2.75) is 32.2 Å². The third-order valence-corrected chi connectivity index (χ3v) is 3.73. The molecule has 0 aliphatic heterocycles. The van der Waals surface area contributed by atoms with Gasteiger partial charge in [-0.15, -0.1) is 0 Å². The highest BCUT2D eigenvalue weighted by atomic mass is 15.1. The van der Waals surface area contributed by atoms with Crippen molar-refractivity contribution in [3.05, 3.63) is 24.0 Å². The molecule has 0 unspecified atom stereocenters. The second-order valence-corrected chi connectivity index (χ2v) is 5.50. The lowest BCUT2D eigenvalue weighted by Crippen LogP contribution is -2.28. The van der Waals surface area contributed by atoms with Gasteiger partial charge in [0.15, 0.2) is 0 Å². The molecule has 3 nitrogen and oxygen atoms in total. The summed E-state index contributed by atoms with van der Waals surface area (Å²) in [6.07, 6.45) is 7.64. The van der Waals surface area contributed by atoms with Crippen molar-refractivity contribution in [1.29, 1.82) is 0 Å². The maximum Gasteiger partial charge on any atom is 0.0553 e. The molecule has 2 aliphatic rings. The van der Waals surface area contributed by atoms with E-state index in [0.717, 1.165) is 17.5 Å². The summed E-state index contributed by atoms with van der Waals surface area (Å²) in [5, 5.41) is 0. The van der Waals surface area contributed by atoms with Gasteiger partial charge in [-0.05, 0) is 49.7 Å². The lowest BCUT2D eigenvalue weighted by Gasteiger charge is -2.24. The summed E-state index contributed by atoms with van der Waals surface area (Å²) in [6, 6.07) is 4.24. The standard InChI is InChI=1S/C14H21N3/c15-7-13-5-6-14(8-16-13)17(9-11-1-2-11)10-12-3-4-12/h5-6,8,11-12H,1-4,7,9-10,15H2. The van der Waals surface area contributed by atoms with E-state index in [1.807, 2.05) is 6.20 Å². The Morgan fingerprint density at radius 1 is 1.12 bits per heavy atom. The van der Waals surface area contributed by atoms with Gasteiger partial charge in [-0.2, -0.15) is 0 Å². The molecule has 0 aromatic carbocycles.